The molecule has 0 aliphatic heterocycles. The minimum atomic E-state index is -0.234. The lowest BCUT2D eigenvalue weighted by molar-refractivity contribution is -0.113. The maximum atomic E-state index is 11.2. The zero-order valence-electron chi connectivity index (χ0n) is 11.2. The highest BCUT2D eigenvalue weighted by atomic mass is 35.5. The van der Waals surface area contributed by atoms with Crippen LogP contribution in [-0.2, 0) is 11.4 Å². The number of nitrogens with one attached hydrogen (secondary N) is 1. The monoisotopic (exact) mass is 289 g/mol. The van der Waals surface area contributed by atoms with Gasteiger partial charge in [0.15, 0.2) is 0 Å². The molecule has 0 saturated heterocycles. The maximum absolute atomic E-state index is 11.2. The van der Waals surface area contributed by atoms with Crippen molar-refractivity contribution in [2.24, 2.45) is 0 Å². The molecule has 0 aromatic heterocycles. The van der Waals surface area contributed by atoms with Crippen molar-refractivity contribution in [1.82, 2.24) is 0 Å². The van der Waals surface area contributed by atoms with Gasteiger partial charge in [0.05, 0.1) is 0 Å². The molecule has 2 rings (SSSR count). The molecule has 0 bridgehead atoms. The molecule has 2 aromatic carbocycles. The number of rotatable bonds is 5. The lowest BCUT2D eigenvalue weighted by Crippen LogP contribution is -2.12. The van der Waals surface area contributed by atoms with Crippen LogP contribution in [0, 0.1) is 6.92 Å². The van der Waals surface area contributed by atoms with Gasteiger partial charge >= 0.3 is 0 Å². The van der Waals surface area contributed by atoms with Crippen LogP contribution in [-0.4, -0.2) is 11.8 Å². The van der Waals surface area contributed by atoms with Gasteiger partial charge in [-0.1, -0.05) is 35.9 Å². The van der Waals surface area contributed by atoms with Crippen molar-refractivity contribution in [2.75, 3.05) is 11.2 Å². The Labute approximate surface area is 123 Å². The van der Waals surface area contributed by atoms with E-state index in [1.54, 1.807) is 12.1 Å². The van der Waals surface area contributed by atoms with E-state index in [9.17, 15) is 4.79 Å². The predicted octanol–water partition coefficient (Wildman–Crippen LogP) is 3.75. The topological polar surface area (TPSA) is 38.3 Å². The summed E-state index contributed by atoms with van der Waals surface area (Å²) in [5.74, 6) is 0.412. The van der Waals surface area contributed by atoms with Crippen molar-refractivity contribution in [3.63, 3.8) is 0 Å². The Bertz CT molecular complexity index is 599. The van der Waals surface area contributed by atoms with Gasteiger partial charge in [-0.2, -0.15) is 0 Å². The zero-order valence-corrected chi connectivity index (χ0v) is 12.0. The third-order valence-electron chi connectivity index (χ3n) is 2.73. The highest BCUT2D eigenvalue weighted by molar-refractivity contribution is 6.29. The lowest BCUT2D eigenvalue weighted by atomic mass is 10.1. The maximum Gasteiger partial charge on any atom is 0.239 e. The second-order valence-corrected chi connectivity index (χ2v) is 4.75. The fourth-order valence-corrected chi connectivity index (χ4v) is 1.89. The van der Waals surface area contributed by atoms with E-state index < -0.39 is 0 Å². The fourth-order valence-electron chi connectivity index (χ4n) is 1.83. The number of alkyl halides is 1. The molecule has 20 heavy (non-hydrogen) atoms. The number of carbonyl (C=O) groups is 1. The number of ether oxygens (including phenoxy) is 1. The van der Waals surface area contributed by atoms with Gasteiger partial charge in [0, 0.05) is 11.8 Å². The van der Waals surface area contributed by atoms with E-state index in [1.165, 1.54) is 5.56 Å². The molecule has 2 aromatic rings. The Morgan fingerprint density at radius 1 is 1.20 bits per heavy atom. The number of anilines is 1. The first-order valence-corrected chi connectivity index (χ1v) is 6.85. The first-order valence-electron chi connectivity index (χ1n) is 6.31. The SMILES string of the molecule is Cc1cccc(COc2cccc(NC(=O)CCl)c2)c1. The molecule has 0 aliphatic rings. The van der Waals surface area contributed by atoms with Crippen LogP contribution in [0.3, 0.4) is 0 Å². The van der Waals surface area contributed by atoms with Crippen LogP contribution < -0.4 is 10.1 Å². The van der Waals surface area contributed by atoms with Crippen molar-refractivity contribution < 1.29 is 9.53 Å². The van der Waals surface area contributed by atoms with E-state index in [0.717, 1.165) is 5.56 Å². The normalized spacial score (nSPS) is 10.1. The molecular formula is C16H16ClNO2. The summed E-state index contributed by atoms with van der Waals surface area (Å²) < 4.78 is 5.72. The van der Waals surface area contributed by atoms with Crippen molar-refractivity contribution in [3.8, 4) is 5.75 Å². The fraction of sp³-hybridized carbons (Fsp3) is 0.188. The Balaban J connectivity index is 1.99. The summed E-state index contributed by atoms with van der Waals surface area (Å²) in [4.78, 5) is 11.2. The van der Waals surface area contributed by atoms with E-state index in [1.807, 2.05) is 37.3 Å². The molecule has 0 fully saturated rings. The van der Waals surface area contributed by atoms with Crippen molar-refractivity contribution >= 4 is 23.2 Å². The molecule has 0 atom stereocenters. The average molecular weight is 290 g/mol. The molecule has 104 valence electrons. The van der Waals surface area contributed by atoms with Crippen molar-refractivity contribution in [2.45, 2.75) is 13.5 Å². The van der Waals surface area contributed by atoms with Gasteiger partial charge < -0.3 is 10.1 Å². The van der Waals surface area contributed by atoms with E-state index >= 15 is 0 Å². The molecule has 0 unspecified atom stereocenters. The Morgan fingerprint density at radius 3 is 2.75 bits per heavy atom. The number of aryl methyl sites for hydroxylation is 1. The summed E-state index contributed by atoms with van der Waals surface area (Å²) in [6.45, 7) is 2.54. The highest BCUT2D eigenvalue weighted by Crippen LogP contribution is 2.19. The largest absolute Gasteiger partial charge is 0.489 e. The van der Waals surface area contributed by atoms with Crippen molar-refractivity contribution in [1.29, 1.82) is 0 Å². The van der Waals surface area contributed by atoms with Gasteiger partial charge in [0.25, 0.3) is 0 Å². The van der Waals surface area contributed by atoms with Crippen LogP contribution in [0.25, 0.3) is 0 Å². The zero-order chi connectivity index (χ0) is 14.4. The molecule has 1 N–H and O–H groups in total. The summed E-state index contributed by atoms with van der Waals surface area (Å²) in [5.41, 5.74) is 2.99. The summed E-state index contributed by atoms with van der Waals surface area (Å²) in [6.07, 6.45) is 0. The Hall–Kier alpha value is -2.00. The van der Waals surface area contributed by atoms with Crippen LogP contribution in [0.15, 0.2) is 48.5 Å². The van der Waals surface area contributed by atoms with Crippen LogP contribution in [0.1, 0.15) is 11.1 Å². The van der Waals surface area contributed by atoms with Gasteiger partial charge in [-0.15, -0.1) is 11.6 Å². The smallest absolute Gasteiger partial charge is 0.239 e. The van der Waals surface area contributed by atoms with Gasteiger partial charge in [-0.25, -0.2) is 0 Å². The minimum absolute atomic E-state index is 0.0611. The molecular weight excluding hydrogens is 274 g/mol. The Kier molecular flexibility index (Phi) is 5.02. The molecule has 0 heterocycles. The molecule has 0 saturated carbocycles. The first kappa shape index (κ1) is 14.4. The summed E-state index contributed by atoms with van der Waals surface area (Å²) in [7, 11) is 0. The van der Waals surface area contributed by atoms with Crippen LogP contribution in [0.4, 0.5) is 5.69 Å². The quantitative estimate of drug-likeness (QED) is 0.851. The minimum Gasteiger partial charge on any atom is -0.489 e. The first-order chi connectivity index (χ1) is 9.67. The highest BCUT2D eigenvalue weighted by Gasteiger charge is 2.02. The van der Waals surface area contributed by atoms with E-state index in [0.29, 0.717) is 18.0 Å². The Morgan fingerprint density at radius 2 is 2.00 bits per heavy atom. The van der Waals surface area contributed by atoms with Crippen LogP contribution in [0.2, 0.25) is 0 Å². The van der Waals surface area contributed by atoms with E-state index in [-0.39, 0.29) is 11.8 Å². The second kappa shape index (κ2) is 6.96. The number of hydrogen-bond donors (Lipinski definition) is 1. The molecule has 1 amide bonds. The van der Waals surface area contributed by atoms with Crippen molar-refractivity contribution in [3.05, 3.63) is 59.7 Å². The number of benzene rings is 2. The van der Waals surface area contributed by atoms with Gasteiger partial charge in [-0.05, 0) is 24.6 Å². The lowest BCUT2D eigenvalue weighted by Gasteiger charge is -2.09. The van der Waals surface area contributed by atoms with Crippen LogP contribution in [0.5, 0.6) is 5.75 Å². The van der Waals surface area contributed by atoms with E-state index in [4.69, 9.17) is 16.3 Å². The summed E-state index contributed by atoms with van der Waals surface area (Å²) in [6, 6.07) is 15.4. The van der Waals surface area contributed by atoms with Gasteiger partial charge in [-0.3, -0.25) is 4.79 Å². The summed E-state index contributed by atoms with van der Waals surface area (Å²) >= 11 is 5.45. The van der Waals surface area contributed by atoms with E-state index in [2.05, 4.69) is 11.4 Å². The molecule has 0 radical (unpaired) electrons. The van der Waals surface area contributed by atoms with Gasteiger partial charge in [0.2, 0.25) is 5.91 Å². The summed E-state index contributed by atoms with van der Waals surface area (Å²) in [5, 5.41) is 2.69. The number of hydrogen-bond acceptors (Lipinski definition) is 2. The number of amides is 1. The second-order valence-electron chi connectivity index (χ2n) is 4.49. The average Bonchev–Trinajstić information content (AvgIpc) is 2.45. The molecule has 3 nitrogen and oxygen atoms in total. The number of carbonyl (C=O) groups excluding carboxylic acids is 1. The van der Waals surface area contributed by atoms with Crippen LogP contribution >= 0.6 is 11.6 Å². The molecule has 0 spiro atoms. The molecule has 0 aliphatic carbocycles. The standard InChI is InChI=1S/C16H16ClNO2/c1-12-4-2-5-13(8-12)11-20-15-7-3-6-14(9-15)18-16(19)10-17/h2-9H,10-11H2,1H3,(H,18,19). The molecule has 4 heteroatoms. The third-order valence-corrected chi connectivity index (χ3v) is 2.97. The predicted molar refractivity (Wildman–Crippen MR) is 81.3 cm³/mol. The number of halogens is 1. The third kappa shape index (κ3) is 4.28. The van der Waals surface area contributed by atoms with Gasteiger partial charge in [0.1, 0.15) is 18.2 Å².